The van der Waals surface area contributed by atoms with Crippen molar-refractivity contribution in [2.24, 2.45) is 0 Å². The molecule has 2 atom stereocenters. The van der Waals surface area contributed by atoms with Crippen molar-refractivity contribution in [1.82, 2.24) is 4.57 Å². The number of nitrogens with zero attached hydrogens (tertiary/aromatic N) is 1. The second kappa shape index (κ2) is 5.36. The number of anilines is 1. The lowest BCUT2D eigenvalue weighted by molar-refractivity contribution is 0.579. The van der Waals surface area contributed by atoms with Crippen LogP contribution in [-0.4, -0.2) is 30.5 Å². The van der Waals surface area contributed by atoms with Crippen LogP contribution in [0.1, 0.15) is 26.2 Å². The molecule has 19 heavy (non-hydrogen) atoms. The van der Waals surface area contributed by atoms with Gasteiger partial charge in [0.05, 0.1) is 10.9 Å². The summed E-state index contributed by atoms with van der Waals surface area (Å²) in [6, 6.07) is 3.17. The van der Waals surface area contributed by atoms with Gasteiger partial charge in [0.2, 0.25) is 0 Å². The highest BCUT2D eigenvalue weighted by Crippen LogP contribution is 2.27. The largest absolute Gasteiger partial charge is 0.380 e. The fourth-order valence-electron chi connectivity index (χ4n) is 2.68. The number of nitrogens with one attached hydrogen (secondary N) is 1. The van der Waals surface area contributed by atoms with Gasteiger partial charge in [-0.2, -0.15) is 0 Å². The average molecular weight is 284 g/mol. The molecule has 2 unspecified atom stereocenters. The van der Waals surface area contributed by atoms with E-state index in [0.29, 0.717) is 13.0 Å². The minimum atomic E-state index is -3.03. The third-order valence-electron chi connectivity index (χ3n) is 3.68. The first kappa shape index (κ1) is 14.1. The standard InChI is InChI=1S/C13H20N2O3S/c1-3-15-9-10(7-8-13(15)16)14-11-5-4-6-12(11)19(2,17)18/h7-9,11-12,14H,3-6H2,1-2H3. The van der Waals surface area contributed by atoms with Crippen LogP contribution in [0.2, 0.25) is 0 Å². The first-order valence-corrected chi connectivity index (χ1v) is 8.53. The van der Waals surface area contributed by atoms with Gasteiger partial charge in [-0.15, -0.1) is 0 Å². The summed E-state index contributed by atoms with van der Waals surface area (Å²) in [5, 5.41) is 2.94. The number of aryl methyl sites for hydroxylation is 1. The van der Waals surface area contributed by atoms with Gasteiger partial charge in [0.15, 0.2) is 9.84 Å². The Labute approximate surface area is 113 Å². The molecule has 0 radical (unpaired) electrons. The molecule has 1 saturated carbocycles. The second-order valence-corrected chi connectivity index (χ2v) is 7.36. The summed E-state index contributed by atoms with van der Waals surface area (Å²) in [4.78, 5) is 11.5. The average Bonchev–Trinajstić information content (AvgIpc) is 2.79. The van der Waals surface area contributed by atoms with E-state index >= 15 is 0 Å². The van der Waals surface area contributed by atoms with Crippen molar-refractivity contribution in [3.05, 3.63) is 28.7 Å². The summed E-state index contributed by atoms with van der Waals surface area (Å²) < 4.78 is 25.0. The molecule has 1 aromatic rings. The van der Waals surface area contributed by atoms with E-state index in [4.69, 9.17) is 0 Å². The van der Waals surface area contributed by atoms with Gasteiger partial charge in [0.1, 0.15) is 0 Å². The maximum Gasteiger partial charge on any atom is 0.250 e. The lowest BCUT2D eigenvalue weighted by Gasteiger charge is -2.21. The van der Waals surface area contributed by atoms with Crippen molar-refractivity contribution in [2.45, 2.75) is 44.0 Å². The van der Waals surface area contributed by atoms with Crippen LogP contribution in [0.25, 0.3) is 0 Å². The van der Waals surface area contributed by atoms with E-state index in [1.807, 2.05) is 6.92 Å². The van der Waals surface area contributed by atoms with Gasteiger partial charge in [-0.3, -0.25) is 4.79 Å². The van der Waals surface area contributed by atoms with E-state index in [9.17, 15) is 13.2 Å². The Hall–Kier alpha value is -1.30. The molecular formula is C13H20N2O3S. The number of sulfone groups is 1. The van der Waals surface area contributed by atoms with E-state index < -0.39 is 9.84 Å². The molecule has 0 aromatic carbocycles. The van der Waals surface area contributed by atoms with Gasteiger partial charge in [-0.25, -0.2) is 8.42 Å². The number of hydrogen-bond donors (Lipinski definition) is 1. The molecule has 1 aliphatic carbocycles. The van der Waals surface area contributed by atoms with Crippen LogP contribution < -0.4 is 10.9 Å². The van der Waals surface area contributed by atoms with Crippen molar-refractivity contribution < 1.29 is 8.42 Å². The summed E-state index contributed by atoms with van der Waals surface area (Å²) in [5.74, 6) is 0. The first-order valence-electron chi connectivity index (χ1n) is 6.57. The van der Waals surface area contributed by atoms with Crippen molar-refractivity contribution in [3.63, 3.8) is 0 Å². The molecule has 0 saturated heterocycles. The topological polar surface area (TPSA) is 68.2 Å². The molecule has 0 amide bonds. The van der Waals surface area contributed by atoms with Crippen LogP contribution in [0.4, 0.5) is 5.69 Å². The number of pyridine rings is 1. The number of rotatable bonds is 4. The molecule has 1 N–H and O–H groups in total. The van der Waals surface area contributed by atoms with Gasteiger partial charge < -0.3 is 9.88 Å². The van der Waals surface area contributed by atoms with E-state index in [2.05, 4.69) is 5.32 Å². The van der Waals surface area contributed by atoms with E-state index in [1.165, 1.54) is 12.3 Å². The summed E-state index contributed by atoms with van der Waals surface area (Å²) >= 11 is 0. The van der Waals surface area contributed by atoms with Crippen LogP contribution in [0.15, 0.2) is 23.1 Å². The van der Waals surface area contributed by atoms with E-state index in [-0.39, 0.29) is 16.9 Å². The molecule has 1 fully saturated rings. The molecule has 0 spiro atoms. The fraction of sp³-hybridized carbons (Fsp3) is 0.615. The Morgan fingerprint density at radius 3 is 2.74 bits per heavy atom. The van der Waals surface area contributed by atoms with E-state index in [1.54, 1.807) is 16.8 Å². The molecule has 5 nitrogen and oxygen atoms in total. The monoisotopic (exact) mass is 284 g/mol. The third-order valence-corrected chi connectivity index (χ3v) is 5.34. The van der Waals surface area contributed by atoms with Crippen molar-refractivity contribution in [3.8, 4) is 0 Å². The van der Waals surface area contributed by atoms with Crippen LogP contribution >= 0.6 is 0 Å². The minimum absolute atomic E-state index is 0.0425. The highest BCUT2D eigenvalue weighted by Gasteiger charge is 2.34. The van der Waals surface area contributed by atoms with Gasteiger partial charge >= 0.3 is 0 Å². The molecule has 1 heterocycles. The molecule has 6 heteroatoms. The predicted molar refractivity (Wildman–Crippen MR) is 76.3 cm³/mol. The lowest BCUT2D eigenvalue weighted by atomic mass is 10.2. The Bertz CT molecular complexity index is 607. The summed E-state index contributed by atoms with van der Waals surface area (Å²) in [6.45, 7) is 2.51. The zero-order valence-corrected chi connectivity index (χ0v) is 12.1. The third kappa shape index (κ3) is 3.18. The molecular weight excluding hydrogens is 264 g/mol. The van der Waals surface area contributed by atoms with E-state index in [0.717, 1.165) is 18.5 Å². The summed E-state index contributed by atoms with van der Waals surface area (Å²) in [5.41, 5.74) is 0.765. The molecule has 0 aliphatic heterocycles. The minimum Gasteiger partial charge on any atom is -0.380 e. The van der Waals surface area contributed by atoms with Crippen molar-refractivity contribution in [1.29, 1.82) is 0 Å². The van der Waals surface area contributed by atoms with Crippen LogP contribution in [0.3, 0.4) is 0 Å². The van der Waals surface area contributed by atoms with Gasteiger partial charge in [0, 0.05) is 31.1 Å². The van der Waals surface area contributed by atoms with Gasteiger partial charge in [-0.05, 0) is 32.3 Å². The van der Waals surface area contributed by atoms with Gasteiger partial charge in [0.25, 0.3) is 5.56 Å². The second-order valence-electron chi connectivity index (χ2n) is 5.09. The maximum atomic E-state index is 11.7. The quantitative estimate of drug-likeness (QED) is 0.903. The smallest absolute Gasteiger partial charge is 0.250 e. The van der Waals surface area contributed by atoms with Crippen molar-refractivity contribution in [2.75, 3.05) is 11.6 Å². The maximum absolute atomic E-state index is 11.7. The zero-order chi connectivity index (χ0) is 14.0. The highest BCUT2D eigenvalue weighted by molar-refractivity contribution is 7.91. The number of aromatic nitrogens is 1. The highest BCUT2D eigenvalue weighted by atomic mass is 32.2. The first-order chi connectivity index (χ1) is 8.91. The Morgan fingerprint density at radius 1 is 1.37 bits per heavy atom. The Balaban J connectivity index is 2.19. The normalized spacial score (nSPS) is 23.5. The fourth-order valence-corrected chi connectivity index (χ4v) is 4.08. The summed E-state index contributed by atoms with van der Waals surface area (Å²) in [6.07, 6.45) is 5.53. The Kier molecular flexibility index (Phi) is 3.99. The molecule has 106 valence electrons. The van der Waals surface area contributed by atoms with Crippen molar-refractivity contribution >= 4 is 15.5 Å². The lowest BCUT2D eigenvalue weighted by Crippen LogP contribution is -2.34. The van der Waals surface area contributed by atoms with Crippen LogP contribution in [-0.2, 0) is 16.4 Å². The molecule has 2 rings (SSSR count). The predicted octanol–water partition coefficient (Wildman–Crippen LogP) is 1.25. The molecule has 1 aliphatic rings. The van der Waals surface area contributed by atoms with Gasteiger partial charge in [-0.1, -0.05) is 0 Å². The summed E-state index contributed by atoms with van der Waals surface area (Å²) in [7, 11) is -3.03. The Morgan fingerprint density at radius 2 is 2.11 bits per heavy atom. The SMILES string of the molecule is CCn1cc(NC2CCCC2S(C)(=O)=O)ccc1=O. The molecule has 0 bridgehead atoms. The van der Waals surface area contributed by atoms with Crippen LogP contribution in [0.5, 0.6) is 0 Å². The van der Waals surface area contributed by atoms with Crippen LogP contribution in [0, 0.1) is 0 Å². The molecule has 1 aromatic heterocycles. The zero-order valence-electron chi connectivity index (χ0n) is 11.3. The number of hydrogen-bond acceptors (Lipinski definition) is 4.